The van der Waals surface area contributed by atoms with E-state index in [1.807, 2.05) is 42.5 Å². The van der Waals surface area contributed by atoms with E-state index in [1.54, 1.807) is 17.0 Å². The van der Waals surface area contributed by atoms with Crippen molar-refractivity contribution in [2.75, 3.05) is 25.1 Å². The van der Waals surface area contributed by atoms with Crippen molar-refractivity contribution in [1.29, 1.82) is 0 Å². The topological polar surface area (TPSA) is 71.3 Å². The Hall–Kier alpha value is -3.02. The molecule has 29 heavy (non-hydrogen) atoms. The highest BCUT2D eigenvalue weighted by Crippen LogP contribution is 2.35. The molecule has 1 heterocycles. The third-order valence-corrected chi connectivity index (χ3v) is 5.14. The lowest BCUT2D eigenvalue weighted by atomic mass is 9.85. The minimum atomic E-state index is -1.19. The Labute approximate surface area is 171 Å². The normalized spacial score (nSPS) is 18.5. The second-order valence-electron chi connectivity index (χ2n) is 8.26. The van der Waals surface area contributed by atoms with Gasteiger partial charge in [0.15, 0.2) is 5.54 Å². The van der Waals surface area contributed by atoms with E-state index >= 15 is 0 Å². The Morgan fingerprint density at radius 2 is 1.72 bits per heavy atom. The number of rotatable bonds is 5. The molecule has 0 radical (unpaired) electrons. The first-order valence-corrected chi connectivity index (χ1v) is 9.72. The standard InChI is InChI=1S/C23H27N3O3/c1-22(2,3)18-12-8-9-13-19(18)26(20(27)17-10-6-5-7-11-17)16-23(21(28)29-4)14-15-24-25-23/h5-13H,14-16H2,1-4H3/t23-/m1/s1. The number of hydrogen-bond acceptors (Lipinski definition) is 5. The van der Waals surface area contributed by atoms with Crippen LogP contribution in [-0.4, -0.2) is 37.6 Å². The third-order valence-electron chi connectivity index (χ3n) is 5.14. The van der Waals surface area contributed by atoms with Crippen LogP contribution in [0.5, 0.6) is 0 Å². The van der Waals surface area contributed by atoms with Gasteiger partial charge in [-0.3, -0.25) is 4.79 Å². The van der Waals surface area contributed by atoms with Crippen molar-refractivity contribution in [1.82, 2.24) is 0 Å². The SMILES string of the molecule is COC(=O)[C@]1(CN(C(=O)c2ccccc2)c2ccccc2C(C)(C)C)CCN=N1. The van der Waals surface area contributed by atoms with Gasteiger partial charge in [-0.15, -0.1) is 0 Å². The highest BCUT2D eigenvalue weighted by atomic mass is 16.5. The summed E-state index contributed by atoms with van der Waals surface area (Å²) in [6, 6.07) is 16.9. The molecule has 0 fully saturated rings. The first-order chi connectivity index (χ1) is 13.8. The van der Waals surface area contributed by atoms with Gasteiger partial charge in [-0.25, -0.2) is 4.79 Å². The van der Waals surface area contributed by atoms with Crippen LogP contribution in [0, 0.1) is 0 Å². The summed E-state index contributed by atoms with van der Waals surface area (Å²) in [5.74, 6) is -0.662. The Morgan fingerprint density at radius 1 is 1.07 bits per heavy atom. The molecule has 0 unspecified atom stereocenters. The number of benzene rings is 2. The number of methoxy groups -OCH3 is 1. The maximum absolute atomic E-state index is 13.6. The lowest BCUT2D eigenvalue weighted by Crippen LogP contribution is -2.50. The average molecular weight is 393 g/mol. The maximum Gasteiger partial charge on any atom is 0.337 e. The fourth-order valence-electron chi connectivity index (χ4n) is 3.59. The van der Waals surface area contributed by atoms with Crippen LogP contribution < -0.4 is 4.90 Å². The second kappa shape index (κ2) is 8.15. The third kappa shape index (κ3) is 4.21. The fourth-order valence-corrected chi connectivity index (χ4v) is 3.59. The Kier molecular flexibility index (Phi) is 5.82. The van der Waals surface area contributed by atoms with Gasteiger partial charge in [0, 0.05) is 17.7 Å². The largest absolute Gasteiger partial charge is 0.467 e. The van der Waals surface area contributed by atoms with E-state index in [0.717, 1.165) is 11.3 Å². The highest BCUT2D eigenvalue weighted by Gasteiger charge is 2.46. The Balaban J connectivity index is 2.13. The molecular formula is C23H27N3O3. The summed E-state index contributed by atoms with van der Waals surface area (Å²) in [5, 5.41) is 8.27. The first-order valence-electron chi connectivity index (χ1n) is 9.72. The van der Waals surface area contributed by atoms with Crippen molar-refractivity contribution in [3.05, 3.63) is 65.7 Å². The zero-order valence-corrected chi connectivity index (χ0v) is 17.4. The van der Waals surface area contributed by atoms with Crippen LogP contribution in [0.3, 0.4) is 0 Å². The molecule has 0 bridgehead atoms. The van der Waals surface area contributed by atoms with E-state index in [0.29, 0.717) is 18.5 Å². The van der Waals surface area contributed by atoms with Crippen LogP contribution in [0.2, 0.25) is 0 Å². The molecule has 2 aromatic rings. The molecule has 2 aromatic carbocycles. The van der Waals surface area contributed by atoms with E-state index < -0.39 is 11.5 Å². The molecule has 1 aliphatic heterocycles. The molecule has 0 saturated heterocycles. The number of amides is 1. The molecule has 6 nitrogen and oxygen atoms in total. The van der Waals surface area contributed by atoms with Gasteiger partial charge < -0.3 is 9.64 Å². The number of esters is 1. The molecule has 0 N–H and O–H groups in total. The fraction of sp³-hybridized carbons (Fsp3) is 0.391. The number of anilines is 1. The average Bonchev–Trinajstić information content (AvgIpc) is 3.21. The van der Waals surface area contributed by atoms with Gasteiger partial charge in [0.25, 0.3) is 5.91 Å². The van der Waals surface area contributed by atoms with Crippen molar-refractivity contribution in [3.63, 3.8) is 0 Å². The van der Waals surface area contributed by atoms with E-state index in [2.05, 4.69) is 31.0 Å². The number of ether oxygens (including phenoxy) is 1. The van der Waals surface area contributed by atoms with Crippen LogP contribution in [0.4, 0.5) is 5.69 Å². The number of carbonyl (C=O) groups is 2. The van der Waals surface area contributed by atoms with Gasteiger partial charge in [0.1, 0.15) is 0 Å². The summed E-state index contributed by atoms with van der Waals surface area (Å²) in [6.07, 6.45) is 0.413. The summed E-state index contributed by atoms with van der Waals surface area (Å²) in [5.41, 5.74) is 0.940. The molecule has 0 spiro atoms. The molecule has 0 aromatic heterocycles. The maximum atomic E-state index is 13.6. The summed E-state index contributed by atoms with van der Waals surface area (Å²) < 4.78 is 5.03. The molecular weight excluding hydrogens is 366 g/mol. The quantitative estimate of drug-likeness (QED) is 0.707. The lowest BCUT2D eigenvalue weighted by molar-refractivity contribution is -0.146. The number of nitrogens with zero attached hydrogens (tertiary/aromatic N) is 3. The molecule has 0 aliphatic carbocycles. The Bertz CT molecular complexity index is 918. The van der Waals surface area contributed by atoms with Gasteiger partial charge in [0.2, 0.25) is 0 Å². The van der Waals surface area contributed by atoms with Gasteiger partial charge in [-0.05, 0) is 29.2 Å². The molecule has 152 valence electrons. The monoisotopic (exact) mass is 393 g/mol. The number of hydrogen-bond donors (Lipinski definition) is 0. The summed E-state index contributed by atoms with van der Waals surface area (Å²) in [7, 11) is 1.34. The first kappa shape index (κ1) is 20.7. The predicted octanol–water partition coefficient (Wildman–Crippen LogP) is 4.40. The summed E-state index contributed by atoms with van der Waals surface area (Å²) in [6.45, 7) is 6.81. The molecule has 1 amide bonds. The summed E-state index contributed by atoms with van der Waals surface area (Å²) >= 11 is 0. The van der Waals surface area contributed by atoms with E-state index in [4.69, 9.17) is 4.74 Å². The predicted molar refractivity (Wildman–Crippen MR) is 112 cm³/mol. The molecule has 0 saturated carbocycles. The van der Waals surface area contributed by atoms with Crippen molar-refractivity contribution >= 4 is 17.6 Å². The van der Waals surface area contributed by atoms with Gasteiger partial charge in [-0.1, -0.05) is 57.2 Å². The number of carbonyl (C=O) groups excluding carboxylic acids is 2. The number of para-hydroxylation sites is 1. The minimum Gasteiger partial charge on any atom is -0.467 e. The smallest absolute Gasteiger partial charge is 0.337 e. The zero-order chi connectivity index (χ0) is 21.1. The van der Waals surface area contributed by atoms with Crippen molar-refractivity contribution in [2.24, 2.45) is 10.2 Å². The van der Waals surface area contributed by atoms with Crippen molar-refractivity contribution in [3.8, 4) is 0 Å². The van der Waals surface area contributed by atoms with E-state index in [9.17, 15) is 9.59 Å². The van der Waals surface area contributed by atoms with Crippen LogP contribution >= 0.6 is 0 Å². The van der Waals surface area contributed by atoms with Gasteiger partial charge >= 0.3 is 5.97 Å². The second-order valence-corrected chi connectivity index (χ2v) is 8.26. The van der Waals surface area contributed by atoms with Crippen LogP contribution in [0.1, 0.15) is 43.1 Å². The van der Waals surface area contributed by atoms with Crippen LogP contribution in [0.25, 0.3) is 0 Å². The van der Waals surface area contributed by atoms with Crippen LogP contribution in [0.15, 0.2) is 64.8 Å². The van der Waals surface area contributed by atoms with Crippen molar-refractivity contribution < 1.29 is 14.3 Å². The van der Waals surface area contributed by atoms with Gasteiger partial charge in [-0.2, -0.15) is 10.2 Å². The molecule has 6 heteroatoms. The Morgan fingerprint density at radius 3 is 2.31 bits per heavy atom. The zero-order valence-electron chi connectivity index (χ0n) is 17.4. The van der Waals surface area contributed by atoms with E-state index in [-0.39, 0.29) is 17.9 Å². The minimum absolute atomic E-state index is 0.0734. The molecule has 3 rings (SSSR count). The van der Waals surface area contributed by atoms with Gasteiger partial charge in [0.05, 0.1) is 20.2 Å². The number of azo groups is 1. The molecule has 1 aliphatic rings. The van der Waals surface area contributed by atoms with E-state index in [1.165, 1.54) is 7.11 Å². The highest BCUT2D eigenvalue weighted by molar-refractivity contribution is 6.07. The lowest BCUT2D eigenvalue weighted by Gasteiger charge is -2.34. The van der Waals surface area contributed by atoms with Crippen LogP contribution in [-0.2, 0) is 14.9 Å². The summed E-state index contributed by atoms with van der Waals surface area (Å²) in [4.78, 5) is 27.8. The molecule has 1 atom stereocenters. The van der Waals surface area contributed by atoms with Crippen molar-refractivity contribution in [2.45, 2.75) is 38.1 Å².